The Hall–Kier alpha value is -1.59. The number of nitrogens with one attached hydrogen (secondary N) is 2. The maximum Gasteiger partial charge on any atom is 0.144 e. The quantitative estimate of drug-likeness (QED) is 0.851. The van der Waals surface area contributed by atoms with Crippen LogP contribution in [0.2, 0.25) is 5.15 Å². The van der Waals surface area contributed by atoms with Crippen LogP contribution in [0, 0.1) is 0 Å². The van der Waals surface area contributed by atoms with Crippen LogP contribution in [0.5, 0.6) is 5.75 Å². The van der Waals surface area contributed by atoms with Crippen LogP contribution in [-0.4, -0.2) is 35.7 Å². The van der Waals surface area contributed by atoms with Gasteiger partial charge in [-0.2, -0.15) is 0 Å². The number of piperidine rings is 1. The van der Waals surface area contributed by atoms with Gasteiger partial charge in [-0.3, -0.25) is 0 Å². The largest absolute Gasteiger partial charge is 0.492 e. The molecule has 1 fully saturated rings. The van der Waals surface area contributed by atoms with Crippen LogP contribution in [0.3, 0.4) is 0 Å². The Labute approximate surface area is 129 Å². The first-order valence-electron chi connectivity index (χ1n) is 7.32. The lowest BCUT2D eigenvalue weighted by Gasteiger charge is -2.26. The maximum atomic E-state index is 6.17. The van der Waals surface area contributed by atoms with Crippen LogP contribution in [0.25, 0.3) is 10.9 Å². The summed E-state index contributed by atoms with van der Waals surface area (Å²) in [5, 5.41) is 8.26. The number of nitrogens with zero attached hydrogens (tertiary/aromatic N) is 2. The molecule has 1 aliphatic heterocycles. The van der Waals surface area contributed by atoms with Gasteiger partial charge in [0.25, 0.3) is 0 Å². The van der Waals surface area contributed by atoms with E-state index in [0.29, 0.717) is 17.8 Å². The highest BCUT2D eigenvalue weighted by atomic mass is 35.5. The Morgan fingerprint density at radius 3 is 2.90 bits per heavy atom. The van der Waals surface area contributed by atoms with Gasteiger partial charge in [-0.05, 0) is 38.9 Å². The van der Waals surface area contributed by atoms with Crippen LogP contribution in [-0.2, 0) is 0 Å². The molecule has 6 heteroatoms. The molecule has 1 aromatic heterocycles. The number of anilines is 1. The second-order valence-electron chi connectivity index (χ2n) is 5.13. The van der Waals surface area contributed by atoms with Crippen molar-refractivity contribution in [1.82, 2.24) is 15.3 Å². The molecular formula is C15H19ClN4O. The molecular weight excluding hydrogens is 288 g/mol. The van der Waals surface area contributed by atoms with Crippen molar-refractivity contribution < 1.29 is 4.74 Å². The first kappa shape index (κ1) is 14.4. The van der Waals surface area contributed by atoms with Crippen molar-refractivity contribution >= 4 is 28.2 Å². The molecule has 0 spiro atoms. The van der Waals surface area contributed by atoms with E-state index in [2.05, 4.69) is 20.6 Å². The van der Waals surface area contributed by atoms with E-state index in [-0.39, 0.29) is 0 Å². The predicted molar refractivity (Wildman–Crippen MR) is 85.2 cm³/mol. The minimum Gasteiger partial charge on any atom is -0.492 e. The standard InChI is InChI=1S/C15H19ClN4O/c1-2-21-14-8-12-11(15(16)19-9-18-12)7-13(14)20-10-3-5-17-6-4-10/h7-10,17,20H,2-6H2,1H3. The fraction of sp³-hybridized carbons (Fsp3) is 0.467. The maximum absolute atomic E-state index is 6.17. The molecule has 0 saturated carbocycles. The molecule has 1 saturated heterocycles. The summed E-state index contributed by atoms with van der Waals surface area (Å²) in [5.41, 5.74) is 1.77. The molecule has 1 aromatic carbocycles. The van der Waals surface area contributed by atoms with E-state index in [1.165, 1.54) is 6.33 Å². The summed E-state index contributed by atoms with van der Waals surface area (Å²) >= 11 is 6.17. The Kier molecular flexibility index (Phi) is 4.41. The van der Waals surface area contributed by atoms with Gasteiger partial charge in [0.1, 0.15) is 17.2 Å². The molecule has 3 rings (SSSR count). The first-order valence-corrected chi connectivity index (χ1v) is 7.70. The van der Waals surface area contributed by atoms with Crippen LogP contribution in [0.15, 0.2) is 18.5 Å². The normalized spacial score (nSPS) is 16.1. The summed E-state index contributed by atoms with van der Waals surface area (Å²) in [6, 6.07) is 4.37. The van der Waals surface area contributed by atoms with Crippen LogP contribution in [0.1, 0.15) is 19.8 Å². The van der Waals surface area contributed by atoms with E-state index >= 15 is 0 Å². The average Bonchev–Trinajstić information content (AvgIpc) is 2.50. The molecule has 21 heavy (non-hydrogen) atoms. The van der Waals surface area contributed by atoms with Crippen LogP contribution in [0.4, 0.5) is 5.69 Å². The number of benzene rings is 1. The summed E-state index contributed by atoms with van der Waals surface area (Å²) in [5.74, 6) is 0.818. The topological polar surface area (TPSA) is 59.1 Å². The summed E-state index contributed by atoms with van der Waals surface area (Å²) in [7, 11) is 0. The molecule has 0 bridgehead atoms. The minimum absolute atomic E-state index is 0.450. The molecule has 5 nitrogen and oxygen atoms in total. The van der Waals surface area contributed by atoms with Crippen molar-refractivity contribution in [1.29, 1.82) is 0 Å². The van der Waals surface area contributed by atoms with Crippen molar-refractivity contribution in [2.75, 3.05) is 25.0 Å². The van der Waals surface area contributed by atoms with Gasteiger partial charge in [-0.1, -0.05) is 11.6 Å². The zero-order chi connectivity index (χ0) is 14.7. The van der Waals surface area contributed by atoms with Crippen molar-refractivity contribution in [3.05, 3.63) is 23.6 Å². The number of fused-ring (bicyclic) bond motifs is 1. The third-order valence-electron chi connectivity index (χ3n) is 3.69. The highest BCUT2D eigenvalue weighted by Crippen LogP contribution is 2.33. The smallest absolute Gasteiger partial charge is 0.144 e. The summed E-state index contributed by atoms with van der Waals surface area (Å²) in [6.45, 7) is 4.68. The van der Waals surface area contributed by atoms with Gasteiger partial charge in [-0.25, -0.2) is 9.97 Å². The summed E-state index contributed by atoms with van der Waals surface area (Å²) in [6.07, 6.45) is 3.67. The van der Waals surface area contributed by atoms with Gasteiger partial charge >= 0.3 is 0 Å². The highest BCUT2D eigenvalue weighted by molar-refractivity contribution is 6.34. The second kappa shape index (κ2) is 6.45. The van der Waals surface area contributed by atoms with Crippen molar-refractivity contribution in [3.8, 4) is 5.75 Å². The number of hydrogen-bond donors (Lipinski definition) is 2. The summed E-state index contributed by atoms with van der Waals surface area (Å²) < 4.78 is 5.74. The van der Waals surface area contributed by atoms with E-state index < -0.39 is 0 Å². The zero-order valence-electron chi connectivity index (χ0n) is 12.0. The van der Waals surface area contributed by atoms with E-state index in [1.807, 2.05) is 19.1 Å². The summed E-state index contributed by atoms with van der Waals surface area (Å²) in [4.78, 5) is 8.31. The molecule has 112 valence electrons. The lowest BCUT2D eigenvalue weighted by Crippen LogP contribution is -2.35. The molecule has 2 aromatic rings. The fourth-order valence-electron chi connectivity index (χ4n) is 2.63. The van der Waals surface area contributed by atoms with Crippen molar-refractivity contribution in [3.63, 3.8) is 0 Å². The third-order valence-corrected chi connectivity index (χ3v) is 3.99. The van der Waals surface area contributed by atoms with Gasteiger partial charge in [0.2, 0.25) is 0 Å². The third kappa shape index (κ3) is 3.19. The lowest BCUT2D eigenvalue weighted by atomic mass is 10.1. The van der Waals surface area contributed by atoms with Gasteiger partial charge in [0.05, 0.1) is 17.8 Å². The molecule has 0 atom stereocenters. The molecule has 2 N–H and O–H groups in total. The monoisotopic (exact) mass is 306 g/mol. The number of rotatable bonds is 4. The minimum atomic E-state index is 0.450. The number of ether oxygens (including phenoxy) is 1. The highest BCUT2D eigenvalue weighted by Gasteiger charge is 2.16. The molecule has 0 aliphatic carbocycles. The molecule has 1 aliphatic rings. The number of hydrogen-bond acceptors (Lipinski definition) is 5. The van der Waals surface area contributed by atoms with Gasteiger partial charge in [-0.15, -0.1) is 0 Å². The zero-order valence-corrected chi connectivity index (χ0v) is 12.8. The van der Waals surface area contributed by atoms with Gasteiger partial charge in [0, 0.05) is 17.5 Å². The van der Waals surface area contributed by atoms with E-state index in [9.17, 15) is 0 Å². The predicted octanol–water partition coefficient (Wildman–Crippen LogP) is 2.85. The Morgan fingerprint density at radius 1 is 1.33 bits per heavy atom. The fourth-order valence-corrected chi connectivity index (χ4v) is 2.82. The Bertz CT molecular complexity index is 628. The van der Waals surface area contributed by atoms with E-state index in [0.717, 1.165) is 48.3 Å². The Balaban J connectivity index is 1.97. The van der Waals surface area contributed by atoms with Crippen molar-refractivity contribution in [2.24, 2.45) is 0 Å². The van der Waals surface area contributed by atoms with E-state index in [4.69, 9.17) is 16.3 Å². The SMILES string of the molecule is CCOc1cc2ncnc(Cl)c2cc1NC1CCNCC1. The molecule has 0 unspecified atom stereocenters. The first-order chi connectivity index (χ1) is 10.3. The molecule has 0 amide bonds. The average molecular weight is 307 g/mol. The van der Waals surface area contributed by atoms with E-state index in [1.54, 1.807) is 0 Å². The molecule has 0 radical (unpaired) electrons. The van der Waals surface area contributed by atoms with Crippen LogP contribution >= 0.6 is 11.6 Å². The second-order valence-corrected chi connectivity index (χ2v) is 5.49. The molecule has 2 heterocycles. The van der Waals surface area contributed by atoms with Gasteiger partial charge in [0.15, 0.2) is 0 Å². The lowest BCUT2D eigenvalue weighted by molar-refractivity contribution is 0.341. The number of halogens is 1. The van der Waals surface area contributed by atoms with Crippen molar-refractivity contribution in [2.45, 2.75) is 25.8 Å². The number of aromatic nitrogens is 2. The van der Waals surface area contributed by atoms with Gasteiger partial charge < -0.3 is 15.4 Å². The Morgan fingerprint density at radius 2 is 2.14 bits per heavy atom. The van der Waals surface area contributed by atoms with Crippen LogP contribution < -0.4 is 15.4 Å².